The number of esters is 2. The number of allylic oxidation sites excluding steroid dienone is 3. The molecule has 364 valence electrons. The summed E-state index contributed by atoms with van der Waals surface area (Å²) < 4.78 is 34.7. The van der Waals surface area contributed by atoms with Crippen molar-refractivity contribution in [3.63, 3.8) is 0 Å². The third kappa shape index (κ3) is 24.2. The van der Waals surface area contributed by atoms with Crippen LogP contribution in [0.5, 0.6) is 0 Å². The Morgan fingerprint density at radius 3 is 1.97 bits per heavy atom. The Kier molecular flexibility index (Phi) is 30.0. The first-order chi connectivity index (χ1) is 30.2. The van der Waals surface area contributed by atoms with E-state index in [1.54, 1.807) is 12.2 Å². The first-order valence-corrected chi connectivity index (χ1v) is 25.3. The zero-order valence-electron chi connectivity index (χ0n) is 38.0. The van der Waals surface area contributed by atoms with Crippen LogP contribution in [0.2, 0.25) is 0 Å². The molecule has 2 aliphatic rings. The molecule has 7 N–H and O–H groups in total. The van der Waals surface area contributed by atoms with Crippen LogP contribution < -0.4 is 0 Å². The number of aliphatic hydroxyl groups is 6. The third-order valence-electron chi connectivity index (χ3n) is 11.7. The van der Waals surface area contributed by atoms with Crippen LogP contribution in [-0.2, 0) is 37.5 Å². The number of carbonyl (C=O) groups excluding carboxylic acids is 3. The lowest BCUT2D eigenvalue weighted by molar-refractivity contribution is -0.164. The van der Waals surface area contributed by atoms with Crippen molar-refractivity contribution in [3.05, 3.63) is 36.5 Å². The van der Waals surface area contributed by atoms with Gasteiger partial charge in [-0.15, -0.1) is 0 Å². The van der Waals surface area contributed by atoms with Gasteiger partial charge in [0.05, 0.1) is 30.8 Å². The second-order valence-electron chi connectivity index (χ2n) is 17.3. The van der Waals surface area contributed by atoms with Crippen LogP contribution in [0.15, 0.2) is 36.5 Å². The Hall–Kier alpha value is -2.30. The number of cyclic esters (lactones) is 1. The minimum absolute atomic E-state index is 0.0118. The molecule has 0 aromatic carbocycles. The molecule has 0 aromatic heterocycles. The van der Waals surface area contributed by atoms with Crippen molar-refractivity contribution in [2.75, 3.05) is 13.2 Å². The molecule has 0 fully saturated rings. The fraction of sp³-hybridized carbons (Fsp3) is 0.809. The fourth-order valence-corrected chi connectivity index (χ4v) is 8.70. The van der Waals surface area contributed by atoms with E-state index in [1.165, 1.54) is 82.4 Å². The maximum atomic E-state index is 13.6. The molecule has 0 saturated carbocycles. The monoisotopic (exact) mass is 917 g/mol. The topological polar surface area (TPSA) is 247 Å². The van der Waals surface area contributed by atoms with Gasteiger partial charge in [0.2, 0.25) is 0 Å². The molecule has 1 aliphatic heterocycles. The molecule has 0 spiro atoms. The normalized spacial score (nSPS) is 31.1. The number of unbranched alkanes of at least 4 members (excludes halogenated alkanes) is 16. The number of phosphoric acid groups is 1. The summed E-state index contributed by atoms with van der Waals surface area (Å²) in [5.74, 6) is -4.64. The summed E-state index contributed by atoms with van der Waals surface area (Å²) in [4.78, 5) is 50.0. The number of hydrogen-bond donors (Lipinski definition) is 7. The van der Waals surface area contributed by atoms with E-state index in [0.29, 0.717) is 32.1 Å². The van der Waals surface area contributed by atoms with Gasteiger partial charge in [0.15, 0.2) is 11.9 Å². The molecular formula is C47H81O15P. The van der Waals surface area contributed by atoms with Crippen molar-refractivity contribution in [1.29, 1.82) is 0 Å². The molecule has 2 rings (SSSR count). The largest absolute Gasteiger partial charge is 0.472 e. The first-order valence-electron chi connectivity index (χ1n) is 23.8. The lowest BCUT2D eigenvalue weighted by atomic mass is 9.87. The molecule has 2 bridgehead atoms. The number of carbonyl (C=O) groups is 3. The van der Waals surface area contributed by atoms with Gasteiger partial charge < -0.3 is 45.0 Å². The number of ketones is 1. The summed E-state index contributed by atoms with van der Waals surface area (Å²) >= 11 is 0. The van der Waals surface area contributed by atoms with Crippen LogP contribution in [0.25, 0.3) is 0 Å². The Bertz CT molecular complexity index is 1400. The summed E-state index contributed by atoms with van der Waals surface area (Å²) in [5.41, 5.74) is 0. The Morgan fingerprint density at radius 2 is 1.35 bits per heavy atom. The van der Waals surface area contributed by atoms with Gasteiger partial charge in [-0.05, 0) is 38.2 Å². The number of aliphatic hydroxyl groups excluding tert-OH is 6. The number of phosphoric ester groups is 1. The summed E-state index contributed by atoms with van der Waals surface area (Å²) in [7, 11) is -5.41. The van der Waals surface area contributed by atoms with Crippen LogP contribution in [0.1, 0.15) is 168 Å². The molecule has 0 aromatic rings. The van der Waals surface area contributed by atoms with Gasteiger partial charge in [0.25, 0.3) is 0 Å². The van der Waals surface area contributed by atoms with Gasteiger partial charge in [-0.25, -0.2) is 4.57 Å². The molecule has 0 radical (unpaired) electrons. The Labute approximate surface area is 375 Å². The predicted octanol–water partition coefficient (Wildman–Crippen LogP) is 7.01. The quantitative estimate of drug-likeness (QED) is 0.0236. The minimum Gasteiger partial charge on any atom is -0.462 e. The van der Waals surface area contributed by atoms with Gasteiger partial charge >= 0.3 is 19.8 Å². The van der Waals surface area contributed by atoms with Crippen molar-refractivity contribution in [2.45, 2.75) is 217 Å². The summed E-state index contributed by atoms with van der Waals surface area (Å²) in [6.07, 6.45) is 13.7. The first kappa shape index (κ1) is 56.8. The second-order valence-corrected chi connectivity index (χ2v) is 18.7. The van der Waals surface area contributed by atoms with Gasteiger partial charge in [-0.3, -0.25) is 23.4 Å². The highest BCUT2D eigenvalue weighted by Gasteiger charge is 2.47. The van der Waals surface area contributed by atoms with E-state index in [0.717, 1.165) is 44.6 Å². The number of ether oxygens (including phenoxy) is 2. The van der Waals surface area contributed by atoms with E-state index in [1.807, 2.05) is 6.92 Å². The highest BCUT2D eigenvalue weighted by molar-refractivity contribution is 7.47. The minimum atomic E-state index is -5.41. The molecule has 16 heteroatoms. The van der Waals surface area contributed by atoms with Crippen molar-refractivity contribution < 1.29 is 73.0 Å². The van der Waals surface area contributed by atoms with Gasteiger partial charge in [0.1, 0.15) is 31.0 Å². The maximum Gasteiger partial charge on any atom is 0.472 e. The number of hydrogen-bond acceptors (Lipinski definition) is 14. The lowest BCUT2D eigenvalue weighted by Gasteiger charge is -2.36. The van der Waals surface area contributed by atoms with Crippen LogP contribution in [0.4, 0.5) is 0 Å². The maximum absolute atomic E-state index is 13.6. The van der Waals surface area contributed by atoms with Crippen molar-refractivity contribution in [1.82, 2.24) is 0 Å². The highest BCUT2D eigenvalue weighted by atomic mass is 31.2. The Morgan fingerprint density at radius 1 is 0.778 bits per heavy atom. The van der Waals surface area contributed by atoms with Crippen LogP contribution in [0.3, 0.4) is 0 Å². The van der Waals surface area contributed by atoms with Gasteiger partial charge in [0, 0.05) is 18.8 Å². The highest BCUT2D eigenvalue weighted by Crippen LogP contribution is 2.47. The average molecular weight is 917 g/mol. The van der Waals surface area contributed by atoms with E-state index >= 15 is 0 Å². The molecular weight excluding hydrogens is 835 g/mol. The summed E-state index contributed by atoms with van der Waals surface area (Å²) in [6, 6.07) is 0. The van der Waals surface area contributed by atoms with Gasteiger partial charge in [-0.1, -0.05) is 153 Å². The smallest absolute Gasteiger partial charge is 0.462 e. The molecule has 11 atom stereocenters. The third-order valence-corrected chi connectivity index (χ3v) is 12.7. The van der Waals surface area contributed by atoms with E-state index in [4.69, 9.17) is 18.5 Å². The fourth-order valence-electron chi connectivity index (χ4n) is 7.73. The predicted molar refractivity (Wildman–Crippen MR) is 239 cm³/mol. The van der Waals surface area contributed by atoms with Crippen molar-refractivity contribution in [2.24, 2.45) is 11.8 Å². The number of fused-ring (bicyclic) bond motifs is 4. The zero-order chi connectivity index (χ0) is 46.5. The molecule has 0 amide bonds. The van der Waals surface area contributed by atoms with Gasteiger partial charge in [-0.2, -0.15) is 0 Å². The molecule has 1 aliphatic carbocycles. The van der Waals surface area contributed by atoms with Crippen molar-refractivity contribution in [3.8, 4) is 0 Å². The molecule has 63 heavy (non-hydrogen) atoms. The van der Waals surface area contributed by atoms with E-state index in [9.17, 15) is 54.5 Å². The van der Waals surface area contributed by atoms with E-state index in [-0.39, 0.29) is 19.3 Å². The van der Waals surface area contributed by atoms with Crippen LogP contribution >= 0.6 is 7.82 Å². The zero-order valence-corrected chi connectivity index (χ0v) is 38.9. The van der Waals surface area contributed by atoms with Crippen LogP contribution in [-0.4, -0.2) is 115 Å². The van der Waals surface area contributed by atoms with E-state index in [2.05, 4.69) is 6.92 Å². The number of rotatable bonds is 23. The molecule has 1 unspecified atom stereocenters. The van der Waals surface area contributed by atoms with Crippen molar-refractivity contribution >= 4 is 25.5 Å². The van der Waals surface area contributed by atoms with Crippen LogP contribution in [0, 0.1) is 11.8 Å². The van der Waals surface area contributed by atoms with E-state index < -0.39 is 99.4 Å². The Balaban J connectivity index is 2.16. The second kappa shape index (κ2) is 33.2. The SMILES string of the molecule is CCCCCCCCCCCCCCCCCC(=O)O[C@@H]1COC(=O)CCC/C=C\C[C@H]2/C=C\C(=O)[C@H](/C=C/[C@@H](O)CCCCC)[C@@H](O)[C@@H](O)[C@@H](OP(=O)(O)OC1)[C@H](O)[C@@H](O)[C@@H]2O. The summed E-state index contributed by atoms with van der Waals surface area (Å²) in [6.45, 7) is 2.86. The molecule has 0 saturated heterocycles. The standard InChI is InChI=1S/C47H81O15P/c1-3-5-7-8-9-10-11-12-13-14-15-16-17-18-24-28-41(51)61-37-33-59-40(50)27-23-20-19-22-25-35-29-32-39(49)38(31-30-36(48)26-21-6-4-2)43(53)45(55)47(46(56)44(54)42(35)52)62-63(57,58)60-34-37/h19,22,29-32,35-38,42-48,52-56H,3-18,20-21,23-28,33-34H2,1-2H3,(H,57,58)/b22-19-,31-30+,32-29-/t35-,36-,37+,38-,42+,43+,44-,45+,46+,47+/m0/s1. The average Bonchev–Trinajstić information content (AvgIpc) is 3.26. The molecule has 1 heterocycles. The molecule has 15 nitrogen and oxygen atoms in total. The summed E-state index contributed by atoms with van der Waals surface area (Å²) in [5, 5.41) is 67.0. The lowest BCUT2D eigenvalue weighted by Crippen LogP contribution is -2.55.